The van der Waals surface area contributed by atoms with Gasteiger partial charge in [0.15, 0.2) is 0 Å². The summed E-state index contributed by atoms with van der Waals surface area (Å²) >= 11 is 6.19. The molecule has 1 aliphatic rings. The van der Waals surface area contributed by atoms with Crippen molar-refractivity contribution < 1.29 is 9.59 Å². The van der Waals surface area contributed by atoms with Crippen molar-refractivity contribution in [1.29, 1.82) is 0 Å². The third-order valence-electron chi connectivity index (χ3n) is 4.28. The Morgan fingerprint density at radius 3 is 2.92 bits per heavy atom. The number of benzene rings is 1. The Kier molecular flexibility index (Phi) is 5.78. The molecule has 3 amide bonds. The van der Waals surface area contributed by atoms with Gasteiger partial charge in [0.25, 0.3) is 0 Å². The molecule has 3 rings (SSSR count). The van der Waals surface area contributed by atoms with Crippen LogP contribution in [0.5, 0.6) is 0 Å². The largest absolute Gasteiger partial charge is 0.341 e. The second-order valence-corrected chi connectivity index (χ2v) is 6.71. The number of carbonyl (C=O) groups excluding carboxylic acids is 2. The molecule has 2 aromatic rings. The van der Waals surface area contributed by atoms with E-state index in [0.29, 0.717) is 30.4 Å². The van der Waals surface area contributed by atoms with E-state index < -0.39 is 0 Å². The lowest BCUT2D eigenvalue weighted by Gasteiger charge is -2.16. The standard InChI is InChI=1S/C18H22ClN5O2/c1-2-9-23-12-14(10-17(23)25)21-18(26)22-16-7-8-20-24(16)11-13-5-3-4-6-15(13)19/h3-8,14H,2,9-12H2,1H3,(H2,21,22,26). The summed E-state index contributed by atoms with van der Waals surface area (Å²) in [6.07, 6.45) is 2.87. The number of urea groups is 1. The van der Waals surface area contributed by atoms with E-state index >= 15 is 0 Å². The number of nitrogens with one attached hydrogen (secondary N) is 2. The van der Waals surface area contributed by atoms with Gasteiger partial charge in [0.1, 0.15) is 5.82 Å². The van der Waals surface area contributed by atoms with Crippen LogP contribution in [0.2, 0.25) is 5.02 Å². The van der Waals surface area contributed by atoms with Crippen molar-refractivity contribution in [2.45, 2.75) is 32.4 Å². The molecule has 138 valence electrons. The smallest absolute Gasteiger partial charge is 0.320 e. The minimum Gasteiger partial charge on any atom is -0.341 e. The lowest BCUT2D eigenvalue weighted by atomic mass is 10.2. The highest BCUT2D eigenvalue weighted by atomic mass is 35.5. The highest BCUT2D eigenvalue weighted by Crippen LogP contribution is 2.18. The predicted molar refractivity (Wildman–Crippen MR) is 100 cm³/mol. The first-order chi connectivity index (χ1) is 12.6. The van der Waals surface area contributed by atoms with Gasteiger partial charge in [-0.15, -0.1) is 0 Å². The van der Waals surface area contributed by atoms with Gasteiger partial charge in [-0.05, 0) is 18.1 Å². The summed E-state index contributed by atoms with van der Waals surface area (Å²) in [5.41, 5.74) is 0.915. The van der Waals surface area contributed by atoms with Crippen LogP contribution in [0.25, 0.3) is 0 Å². The molecule has 0 spiro atoms. The minimum atomic E-state index is -0.345. The Morgan fingerprint density at radius 2 is 2.15 bits per heavy atom. The number of rotatable bonds is 6. The van der Waals surface area contributed by atoms with Gasteiger partial charge in [0.05, 0.1) is 18.8 Å². The van der Waals surface area contributed by atoms with Gasteiger partial charge in [0.2, 0.25) is 5.91 Å². The fourth-order valence-electron chi connectivity index (χ4n) is 3.05. The quantitative estimate of drug-likeness (QED) is 0.814. The maximum Gasteiger partial charge on any atom is 0.320 e. The Morgan fingerprint density at radius 1 is 1.35 bits per heavy atom. The summed E-state index contributed by atoms with van der Waals surface area (Å²) in [7, 11) is 0. The molecule has 1 aromatic heterocycles. The van der Waals surface area contributed by atoms with Gasteiger partial charge >= 0.3 is 6.03 Å². The first-order valence-electron chi connectivity index (χ1n) is 8.67. The Hall–Kier alpha value is -2.54. The molecule has 0 bridgehead atoms. The average Bonchev–Trinajstić information content (AvgIpc) is 3.17. The summed E-state index contributed by atoms with van der Waals surface area (Å²) < 4.78 is 1.67. The zero-order valence-corrected chi connectivity index (χ0v) is 15.4. The monoisotopic (exact) mass is 375 g/mol. The van der Waals surface area contributed by atoms with Crippen molar-refractivity contribution in [1.82, 2.24) is 20.0 Å². The molecule has 1 saturated heterocycles. The van der Waals surface area contributed by atoms with Crippen LogP contribution >= 0.6 is 11.6 Å². The second-order valence-electron chi connectivity index (χ2n) is 6.30. The predicted octanol–water partition coefficient (Wildman–Crippen LogP) is 2.72. The van der Waals surface area contributed by atoms with Crippen LogP contribution in [-0.2, 0) is 11.3 Å². The third kappa shape index (κ3) is 4.35. The van der Waals surface area contributed by atoms with Crippen LogP contribution < -0.4 is 10.6 Å². The summed E-state index contributed by atoms with van der Waals surface area (Å²) in [5.74, 6) is 0.651. The van der Waals surface area contributed by atoms with Gasteiger partial charge in [-0.1, -0.05) is 36.7 Å². The topological polar surface area (TPSA) is 79.3 Å². The molecule has 0 saturated carbocycles. The molecule has 1 atom stereocenters. The van der Waals surface area contributed by atoms with Crippen LogP contribution in [0.4, 0.5) is 10.6 Å². The van der Waals surface area contributed by atoms with Gasteiger partial charge < -0.3 is 10.2 Å². The second kappa shape index (κ2) is 8.23. The maximum absolute atomic E-state index is 12.3. The summed E-state index contributed by atoms with van der Waals surface area (Å²) in [4.78, 5) is 26.0. The normalized spacial score (nSPS) is 16.8. The lowest BCUT2D eigenvalue weighted by Crippen LogP contribution is -2.40. The summed E-state index contributed by atoms with van der Waals surface area (Å²) in [5, 5.41) is 10.5. The van der Waals surface area contributed by atoms with E-state index in [0.717, 1.165) is 18.5 Å². The number of hydrogen-bond acceptors (Lipinski definition) is 3. The molecular formula is C18H22ClN5O2. The van der Waals surface area contributed by atoms with Crippen molar-refractivity contribution in [2.75, 3.05) is 18.4 Å². The van der Waals surface area contributed by atoms with Crippen LogP contribution in [0.3, 0.4) is 0 Å². The number of halogens is 1. The van der Waals surface area contributed by atoms with Gasteiger partial charge in [-0.3, -0.25) is 10.1 Å². The highest BCUT2D eigenvalue weighted by molar-refractivity contribution is 6.31. The van der Waals surface area contributed by atoms with E-state index in [1.165, 1.54) is 0 Å². The van der Waals surface area contributed by atoms with Crippen LogP contribution in [0.1, 0.15) is 25.3 Å². The Bertz CT molecular complexity index is 791. The van der Waals surface area contributed by atoms with E-state index in [2.05, 4.69) is 15.7 Å². The van der Waals surface area contributed by atoms with Crippen molar-refractivity contribution in [3.8, 4) is 0 Å². The lowest BCUT2D eigenvalue weighted by molar-refractivity contribution is -0.127. The molecule has 1 unspecified atom stereocenters. The molecule has 2 N–H and O–H groups in total. The van der Waals surface area contributed by atoms with Crippen LogP contribution in [0, 0.1) is 0 Å². The number of anilines is 1. The molecule has 26 heavy (non-hydrogen) atoms. The summed E-state index contributed by atoms with van der Waals surface area (Å²) in [6.45, 7) is 3.76. The van der Waals surface area contributed by atoms with E-state index in [1.807, 2.05) is 31.2 Å². The highest BCUT2D eigenvalue weighted by Gasteiger charge is 2.29. The molecule has 1 aromatic carbocycles. The number of aromatic nitrogens is 2. The molecule has 7 nitrogen and oxygen atoms in total. The van der Waals surface area contributed by atoms with E-state index in [4.69, 9.17) is 11.6 Å². The third-order valence-corrected chi connectivity index (χ3v) is 4.65. The number of hydrogen-bond donors (Lipinski definition) is 2. The molecule has 8 heteroatoms. The molecular weight excluding hydrogens is 354 g/mol. The molecule has 1 aliphatic heterocycles. The fourth-order valence-corrected chi connectivity index (χ4v) is 3.24. The van der Waals surface area contributed by atoms with E-state index in [-0.39, 0.29) is 18.0 Å². The van der Waals surface area contributed by atoms with Crippen molar-refractivity contribution in [2.24, 2.45) is 0 Å². The molecule has 0 radical (unpaired) electrons. The molecule has 1 fully saturated rings. The van der Waals surface area contributed by atoms with Crippen LogP contribution in [-0.4, -0.2) is 45.8 Å². The molecule has 0 aliphatic carbocycles. The first kappa shape index (κ1) is 18.3. The Labute approximate surface area is 157 Å². The van der Waals surface area contributed by atoms with Crippen molar-refractivity contribution in [3.63, 3.8) is 0 Å². The van der Waals surface area contributed by atoms with Gasteiger partial charge in [0, 0.05) is 30.6 Å². The Balaban J connectivity index is 1.58. The number of amides is 3. The average molecular weight is 376 g/mol. The van der Waals surface area contributed by atoms with Crippen molar-refractivity contribution in [3.05, 3.63) is 47.1 Å². The SMILES string of the molecule is CCCN1CC(NC(=O)Nc2ccnn2Cc2ccccc2Cl)CC1=O. The van der Waals surface area contributed by atoms with Gasteiger partial charge in [-0.2, -0.15) is 5.10 Å². The van der Waals surface area contributed by atoms with Gasteiger partial charge in [-0.25, -0.2) is 9.48 Å². The van der Waals surface area contributed by atoms with E-state index in [1.54, 1.807) is 21.8 Å². The van der Waals surface area contributed by atoms with E-state index in [9.17, 15) is 9.59 Å². The maximum atomic E-state index is 12.3. The fraction of sp³-hybridized carbons (Fsp3) is 0.389. The minimum absolute atomic E-state index is 0.0842. The number of nitrogens with zero attached hydrogens (tertiary/aromatic N) is 3. The number of likely N-dealkylation sites (tertiary alicyclic amines) is 1. The zero-order chi connectivity index (χ0) is 18.5. The summed E-state index contributed by atoms with van der Waals surface area (Å²) in [6, 6.07) is 8.71. The van der Waals surface area contributed by atoms with Crippen molar-refractivity contribution >= 4 is 29.4 Å². The first-order valence-corrected chi connectivity index (χ1v) is 9.05. The molecule has 2 heterocycles. The number of carbonyl (C=O) groups is 2. The zero-order valence-electron chi connectivity index (χ0n) is 14.6. The van der Waals surface area contributed by atoms with Crippen LogP contribution in [0.15, 0.2) is 36.5 Å².